The van der Waals surface area contributed by atoms with Gasteiger partial charge < -0.3 is 39.2 Å². The van der Waals surface area contributed by atoms with Gasteiger partial charge in [0.15, 0.2) is 23.8 Å². The number of nitrogens with zero attached hydrogens (tertiary/aromatic N) is 1. The van der Waals surface area contributed by atoms with Crippen molar-refractivity contribution < 1.29 is 74.2 Å². The van der Waals surface area contributed by atoms with Crippen LogP contribution in [0.1, 0.15) is 12.6 Å². The predicted molar refractivity (Wildman–Crippen MR) is 127 cm³/mol. The number of carbonyl (C=O) groups excluding carboxylic acids is 2. The molecule has 18 heteroatoms. The van der Waals surface area contributed by atoms with Crippen molar-refractivity contribution in [1.29, 1.82) is 0 Å². The molecule has 0 bridgehead atoms. The molecule has 1 aliphatic heterocycles. The van der Waals surface area contributed by atoms with Crippen molar-refractivity contribution >= 4 is 11.9 Å². The van der Waals surface area contributed by atoms with E-state index in [2.05, 4.69) is 15.0 Å². The van der Waals surface area contributed by atoms with Gasteiger partial charge in [-0.2, -0.15) is 22.0 Å². The standard InChI is InChI=1S/C25H25F7N2O9/c1-11-19(36)20(37)22(42-15-4-2-3-14(34-15)25(30,31)32)23(41-11)24(38)33-5-6-39-7-8-40-10-16(35)43-21-17(28)12(26)9-13(27)18(21)29/h2-4,9,11,19-20,22-23,36-37H,5-8,10H2,1H3,(H,33,38)/t11-,19+,20+,22-,23+/m1/s1. The number of aromatic nitrogens is 1. The Kier molecular flexibility index (Phi) is 11.6. The van der Waals surface area contributed by atoms with Gasteiger partial charge >= 0.3 is 12.1 Å². The van der Waals surface area contributed by atoms with Crippen LogP contribution >= 0.6 is 0 Å². The van der Waals surface area contributed by atoms with Crippen LogP contribution in [0.5, 0.6) is 11.6 Å². The number of alkyl halides is 3. The maximum absolute atomic E-state index is 13.5. The molecule has 238 valence electrons. The van der Waals surface area contributed by atoms with Crippen molar-refractivity contribution in [3.63, 3.8) is 0 Å². The van der Waals surface area contributed by atoms with E-state index >= 15 is 0 Å². The molecule has 0 radical (unpaired) electrons. The highest BCUT2D eigenvalue weighted by molar-refractivity contribution is 5.81. The first-order valence-electron chi connectivity index (χ1n) is 12.4. The number of hydrogen-bond donors (Lipinski definition) is 3. The lowest BCUT2D eigenvalue weighted by Gasteiger charge is -2.40. The van der Waals surface area contributed by atoms with Gasteiger partial charge in [0.25, 0.3) is 5.91 Å². The molecule has 11 nitrogen and oxygen atoms in total. The fraction of sp³-hybridized carbons (Fsp3) is 0.480. The Morgan fingerprint density at radius 3 is 2.30 bits per heavy atom. The molecule has 1 fully saturated rings. The SMILES string of the molecule is C[C@H]1O[C@H](C(=O)NCCOCCOCC(=O)Oc2c(F)c(F)cc(F)c2F)[C@H](Oc2cccc(C(F)(F)F)n2)[C@@H](O)[C@H]1O. The maximum Gasteiger partial charge on any atom is 0.433 e. The van der Waals surface area contributed by atoms with Gasteiger partial charge in [0.05, 0.1) is 25.9 Å². The van der Waals surface area contributed by atoms with Gasteiger partial charge in [0, 0.05) is 18.7 Å². The number of amides is 1. The van der Waals surface area contributed by atoms with E-state index in [0.717, 1.165) is 12.1 Å². The van der Waals surface area contributed by atoms with Crippen LogP contribution in [0.25, 0.3) is 0 Å². The first-order chi connectivity index (χ1) is 20.2. The summed E-state index contributed by atoms with van der Waals surface area (Å²) in [6, 6.07) is 2.70. The Morgan fingerprint density at radius 2 is 1.65 bits per heavy atom. The molecule has 1 aromatic carbocycles. The number of aliphatic hydroxyl groups excluding tert-OH is 2. The number of pyridine rings is 1. The number of ether oxygens (including phenoxy) is 5. The van der Waals surface area contributed by atoms with Crippen molar-refractivity contribution in [1.82, 2.24) is 10.3 Å². The smallest absolute Gasteiger partial charge is 0.433 e. The molecule has 2 heterocycles. The Morgan fingerprint density at radius 1 is 1.00 bits per heavy atom. The molecular formula is C25H25F7N2O9. The molecule has 0 saturated carbocycles. The van der Waals surface area contributed by atoms with E-state index in [1.807, 2.05) is 0 Å². The van der Waals surface area contributed by atoms with Crippen molar-refractivity contribution in [3.8, 4) is 11.6 Å². The minimum atomic E-state index is -4.79. The first-order valence-corrected chi connectivity index (χ1v) is 12.4. The lowest BCUT2D eigenvalue weighted by molar-refractivity contribution is -0.211. The summed E-state index contributed by atoms with van der Waals surface area (Å²) in [5.74, 6) is -11.7. The summed E-state index contributed by atoms with van der Waals surface area (Å²) in [4.78, 5) is 27.7. The predicted octanol–water partition coefficient (Wildman–Crippen LogP) is 1.67. The quantitative estimate of drug-likeness (QED) is 0.104. The molecule has 0 spiro atoms. The third-order valence-electron chi connectivity index (χ3n) is 5.78. The highest BCUT2D eigenvalue weighted by Crippen LogP contribution is 2.30. The average molecular weight is 630 g/mol. The van der Waals surface area contributed by atoms with Crippen molar-refractivity contribution in [2.45, 2.75) is 43.6 Å². The van der Waals surface area contributed by atoms with Gasteiger partial charge in [-0.1, -0.05) is 6.07 Å². The Labute approximate surface area is 238 Å². The topological polar surface area (TPSA) is 146 Å². The van der Waals surface area contributed by atoms with Crippen LogP contribution in [-0.2, 0) is 30.0 Å². The second-order valence-corrected chi connectivity index (χ2v) is 8.91. The third kappa shape index (κ3) is 8.96. The van der Waals surface area contributed by atoms with E-state index in [1.165, 1.54) is 6.92 Å². The van der Waals surface area contributed by atoms with Crippen LogP contribution in [0.2, 0.25) is 0 Å². The van der Waals surface area contributed by atoms with Crippen molar-refractivity contribution in [3.05, 3.63) is 53.2 Å². The molecule has 1 saturated heterocycles. The van der Waals surface area contributed by atoms with Crippen LogP contribution in [0, 0.1) is 23.3 Å². The van der Waals surface area contributed by atoms with Crippen LogP contribution < -0.4 is 14.8 Å². The van der Waals surface area contributed by atoms with Gasteiger partial charge in [0.1, 0.15) is 24.5 Å². The van der Waals surface area contributed by atoms with E-state index < -0.39 is 95.8 Å². The molecule has 3 rings (SSSR count). The zero-order valence-electron chi connectivity index (χ0n) is 22.1. The maximum atomic E-state index is 13.5. The van der Waals surface area contributed by atoms with Crippen LogP contribution in [0.15, 0.2) is 24.3 Å². The van der Waals surface area contributed by atoms with Gasteiger partial charge in [-0.3, -0.25) is 4.79 Å². The van der Waals surface area contributed by atoms with E-state index in [0.29, 0.717) is 6.07 Å². The summed E-state index contributed by atoms with van der Waals surface area (Å²) in [6.07, 6.45) is -12.3. The normalized spacial score (nSPS) is 22.2. The average Bonchev–Trinajstić information content (AvgIpc) is 2.95. The highest BCUT2D eigenvalue weighted by Gasteiger charge is 2.48. The van der Waals surface area contributed by atoms with Crippen molar-refractivity contribution in [2.24, 2.45) is 0 Å². The molecule has 5 atom stereocenters. The summed E-state index contributed by atoms with van der Waals surface area (Å²) in [5.41, 5.74) is -1.28. The fourth-order valence-corrected chi connectivity index (χ4v) is 3.67. The molecule has 2 aromatic rings. The second-order valence-electron chi connectivity index (χ2n) is 8.91. The van der Waals surface area contributed by atoms with E-state index in [9.17, 15) is 50.5 Å². The number of rotatable bonds is 12. The number of aliphatic hydroxyl groups is 2. The number of benzene rings is 1. The Balaban J connectivity index is 1.43. The van der Waals surface area contributed by atoms with Crippen LogP contribution in [0.4, 0.5) is 30.7 Å². The largest absolute Gasteiger partial charge is 0.468 e. The number of hydrogen-bond acceptors (Lipinski definition) is 10. The van der Waals surface area contributed by atoms with Gasteiger partial charge in [-0.15, -0.1) is 0 Å². The molecule has 3 N–H and O–H groups in total. The lowest BCUT2D eigenvalue weighted by atomic mass is 9.95. The summed E-state index contributed by atoms with van der Waals surface area (Å²) in [5, 5.41) is 23.0. The number of halogens is 7. The monoisotopic (exact) mass is 630 g/mol. The van der Waals surface area contributed by atoms with Gasteiger partial charge in [-0.25, -0.2) is 18.6 Å². The van der Waals surface area contributed by atoms with Gasteiger partial charge in [-0.05, 0) is 13.0 Å². The third-order valence-corrected chi connectivity index (χ3v) is 5.78. The molecule has 1 aliphatic rings. The Bertz CT molecular complexity index is 1260. The molecule has 0 aliphatic carbocycles. The molecule has 0 unspecified atom stereocenters. The summed E-state index contributed by atoms with van der Waals surface area (Å²) in [7, 11) is 0. The van der Waals surface area contributed by atoms with Gasteiger partial charge in [0.2, 0.25) is 23.3 Å². The number of carbonyl (C=O) groups is 2. The summed E-state index contributed by atoms with van der Waals surface area (Å²) >= 11 is 0. The van der Waals surface area contributed by atoms with Crippen LogP contribution in [-0.4, -0.2) is 90.6 Å². The Hall–Kier alpha value is -3.58. The van der Waals surface area contributed by atoms with Crippen molar-refractivity contribution in [2.75, 3.05) is 33.0 Å². The zero-order valence-corrected chi connectivity index (χ0v) is 22.1. The molecule has 1 aromatic heterocycles. The van der Waals surface area contributed by atoms with E-state index in [1.54, 1.807) is 0 Å². The summed E-state index contributed by atoms with van der Waals surface area (Å²) in [6.45, 7) is -0.188. The lowest BCUT2D eigenvalue weighted by Crippen LogP contribution is -2.63. The molecular weight excluding hydrogens is 605 g/mol. The van der Waals surface area contributed by atoms with Crippen LogP contribution in [0.3, 0.4) is 0 Å². The second kappa shape index (κ2) is 14.7. The minimum absolute atomic E-state index is 0.0565. The first kappa shape index (κ1) is 33.9. The minimum Gasteiger partial charge on any atom is -0.468 e. The summed E-state index contributed by atoms with van der Waals surface area (Å²) < 4.78 is 117. The van der Waals surface area contributed by atoms with E-state index in [-0.39, 0.29) is 32.4 Å². The fourth-order valence-electron chi connectivity index (χ4n) is 3.67. The molecule has 1 amide bonds. The molecule has 43 heavy (non-hydrogen) atoms. The number of nitrogens with one attached hydrogen (secondary N) is 1. The highest BCUT2D eigenvalue weighted by atomic mass is 19.4. The van der Waals surface area contributed by atoms with E-state index in [4.69, 9.17) is 18.9 Å². The zero-order chi connectivity index (χ0) is 31.9. The number of esters is 1.